The summed E-state index contributed by atoms with van der Waals surface area (Å²) in [6.45, 7) is 1.95. The van der Waals surface area contributed by atoms with Crippen LogP contribution in [0.2, 0.25) is 0 Å². The van der Waals surface area contributed by atoms with E-state index in [1.807, 2.05) is 6.92 Å². The summed E-state index contributed by atoms with van der Waals surface area (Å²) >= 11 is 4.83. The van der Waals surface area contributed by atoms with E-state index in [-0.39, 0.29) is 0 Å². The Morgan fingerprint density at radius 2 is 2.57 bits per heavy atom. The summed E-state index contributed by atoms with van der Waals surface area (Å²) in [6, 6.07) is 0. The Balaban J connectivity index is 3.04. The summed E-state index contributed by atoms with van der Waals surface area (Å²) in [5, 5.41) is 1.05. The molecule has 7 heavy (non-hydrogen) atoms. The topological polar surface area (TPSA) is 12.9 Å². The second-order valence-corrected chi connectivity index (χ2v) is 3.64. The van der Waals surface area contributed by atoms with Gasteiger partial charge in [-0.1, -0.05) is 0 Å². The van der Waals surface area contributed by atoms with Gasteiger partial charge in [-0.05, 0) is 22.9 Å². The second kappa shape index (κ2) is 1.92. The van der Waals surface area contributed by atoms with Gasteiger partial charge in [0.2, 0.25) is 0 Å². The summed E-state index contributed by atoms with van der Waals surface area (Å²) in [6.07, 6.45) is 2.75. The minimum Gasteiger partial charge on any atom is -0.239 e. The first kappa shape index (κ1) is 5.25. The highest BCUT2D eigenvalue weighted by atomic mass is 79.9. The lowest BCUT2D eigenvalue weighted by molar-refractivity contribution is 1.28. The Bertz CT molecular complexity index is 144. The molecule has 1 aromatic heterocycles. The number of rotatable bonds is 0. The van der Waals surface area contributed by atoms with Gasteiger partial charge in [0.1, 0.15) is 6.20 Å². The highest BCUT2D eigenvalue weighted by Crippen LogP contribution is 2.16. The molecule has 0 atom stereocenters. The lowest BCUT2D eigenvalue weighted by Gasteiger charge is -1.66. The fraction of sp³-hybridized carbons (Fsp3) is 0.250. The van der Waals surface area contributed by atoms with Gasteiger partial charge in [0.05, 0.1) is 8.79 Å². The lowest BCUT2D eigenvalue weighted by atomic mass is 10.8. The van der Waals surface area contributed by atoms with Gasteiger partial charge in [0, 0.05) is 0 Å². The smallest absolute Gasteiger partial charge is 0.116 e. The van der Waals surface area contributed by atoms with Crippen molar-refractivity contribution < 1.29 is 0 Å². The van der Waals surface area contributed by atoms with E-state index in [0.29, 0.717) is 0 Å². The third-order valence-corrected chi connectivity index (χ3v) is 1.86. The van der Waals surface area contributed by atoms with E-state index in [9.17, 15) is 0 Å². The molecule has 0 aliphatic rings. The molecule has 0 aliphatic heterocycles. The van der Waals surface area contributed by atoms with Crippen molar-refractivity contribution >= 4 is 27.3 Å². The maximum atomic E-state index is 3.86. The van der Waals surface area contributed by atoms with Crippen molar-refractivity contribution in [2.75, 3.05) is 0 Å². The van der Waals surface area contributed by atoms with Crippen LogP contribution >= 0.6 is 27.3 Å². The molecule has 0 saturated heterocycles. The highest BCUT2D eigenvalue weighted by molar-refractivity contribution is 9.11. The largest absolute Gasteiger partial charge is 0.239 e. The molecule has 1 radical (unpaired) electrons. The van der Waals surface area contributed by atoms with Gasteiger partial charge in [-0.25, -0.2) is 4.98 Å². The van der Waals surface area contributed by atoms with E-state index in [1.165, 1.54) is 0 Å². The first-order chi connectivity index (χ1) is 3.29. The Hall–Kier alpha value is 0.110. The summed E-state index contributed by atoms with van der Waals surface area (Å²) in [4.78, 5) is 3.86. The molecule has 0 bridgehead atoms. The first-order valence-electron chi connectivity index (χ1n) is 1.79. The van der Waals surface area contributed by atoms with Gasteiger partial charge < -0.3 is 0 Å². The van der Waals surface area contributed by atoms with E-state index in [2.05, 4.69) is 27.1 Å². The number of thiazole rings is 1. The van der Waals surface area contributed by atoms with Crippen LogP contribution < -0.4 is 0 Å². The fourth-order valence-electron chi connectivity index (χ4n) is 0.298. The van der Waals surface area contributed by atoms with Crippen molar-refractivity contribution in [1.29, 1.82) is 0 Å². The molecule has 0 unspecified atom stereocenters. The zero-order valence-corrected chi connectivity index (χ0v) is 6.14. The van der Waals surface area contributed by atoms with Gasteiger partial charge >= 0.3 is 0 Å². The Labute approximate surface area is 54.5 Å². The van der Waals surface area contributed by atoms with Gasteiger partial charge in [-0.3, -0.25) is 0 Å². The molecular weight excluding hydrogens is 174 g/mol. The van der Waals surface area contributed by atoms with Gasteiger partial charge in [0.15, 0.2) is 0 Å². The maximum absolute atomic E-state index is 3.86. The SMILES string of the molecule is Cc1n[c]c(Br)s1. The Kier molecular flexibility index (Phi) is 1.44. The normalized spacial score (nSPS) is 9.43. The molecule has 1 nitrogen and oxygen atoms in total. The van der Waals surface area contributed by atoms with Gasteiger partial charge in [0.25, 0.3) is 0 Å². The maximum Gasteiger partial charge on any atom is 0.116 e. The molecule has 1 rings (SSSR count). The molecule has 1 aromatic rings. The fourth-order valence-corrected chi connectivity index (χ4v) is 1.53. The lowest BCUT2D eigenvalue weighted by Crippen LogP contribution is -1.57. The number of nitrogens with zero attached hydrogens (tertiary/aromatic N) is 1. The van der Waals surface area contributed by atoms with E-state index < -0.39 is 0 Å². The summed E-state index contributed by atoms with van der Waals surface area (Å²) in [7, 11) is 0. The summed E-state index contributed by atoms with van der Waals surface area (Å²) < 4.78 is 0.977. The van der Waals surface area contributed by atoms with Crippen molar-refractivity contribution in [3.63, 3.8) is 0 Å². The standard InChI is InChI=1S/C4H3BrNS/c1-3-6-2-4(5)7-3/h1H3. The predicted molar refractivity (Wildman–Crippen MR) is 33.4 cm³/mol. The van der Waals surface area contributed by atoms with E-state index in [0.717, 1.165) is 8.79 Å². The van der Waals surface area contributed by atoms with E-state index >= 15 is 0 Å². The van der Waals surface area contributed by atoms with Crippen molar-refractivity contribution in [1.82, 2.24) is 4.98 Å². The van der Waals surface area contributed by atoms with Crippen LogP contribution in [0.5, 0.6) is 0 Å². The molecule has 0 spiro atoms. The van der Waals surface area contributed by atoms with Crippen molar-refractivity contribution in [3.05, 3.63) is 15.0 Å². The second-order valence-electron chi connectivity index (χ2n) is 1.12. The van der Waals surface area contributed by atoms with E-state index in [4.69, 9.17) is 0 Å². The zero-order chi connectivity index (χ0) is 5.28. The minimum atomic E-state index is 0.977. The van der Waals surface area contributed by atoms with Crippen LogP contribution in [-0.4, -0.2) is 4.98 Å². The van der Waals surface area contributed by atoms with E-state index in [1.54, 1.807) is 11.3 Å². The van der Waals surface area contributed by atoms with Gasteiger partial charge in [-0.15, -0.1) is 11.3 Å². The van der Waals surface area contributed by atoms with Crippen LogP contribution in [0.1, 0.15) is 5.01 Å². The first-order valence-corrected chi connectivity index (χ1v) is 3.40. The third kappa shape index (κ3) is 1.24. The van der Waals surface area contributed by atoms with Crippen molar-refractivity contribution in [2.24, 2.45) is 0 Å². The quantitative estimate of drug-likeness (QED) is 0.590. The van der Waals surface area contributed by atoms with Crippen molar-refractivity contribution in [2.45, 2.75) is 6.92 Å². The number of halogens is 1. The number of aryl methyl sites for hydroxylation is 1. The molecule has 3 heteroatoms. The number of hydrogen-bond donors (Lipinski definition) is 0. The number of hydrogen-bond acceptors (Lipinski definition) is 2. The number of aromatic nitrogens is 1. The summed E-state index contributed by atoms with van der Waals surface area (Å²) in [5.41, 5.74) is 0. The molecular formula is C4H3BrNS. The Morgan fingerprint density at radius 3 is 2.71 bits per heavy atom. The molecule has 1 heterocycles. The van der Waals surface area contributed by atoms with Crippen LogP contribution in [-0.2, 0) is 0 Å². The summed E-state index contributed by atoms with van der Waals surface area (Å²) in [5.74, 6) is 0. The molecule has 0 amide bonds. The highest BCUT2D eigenvalue weighted by Gasteiger charge is 1.89. The van der Waals surface area contributed by atoms with Crippen LogP contribution in [0.25, 0.3) is 0 Å². The molecule has 0 saturated carbocycles. The molecule has 0 aromatic carbocycles. The van der Waals surface area contributed by atoms with Crippen LogP contribution in [0.3, 0.4) is 0 Å². The predicted octanol–water partition coefficient (Wildman–Crippen LogP) is 2.01. The zero-order valence-electron chi connectivity index (χ0n) is 3.73. The average Bonchev–Trinajstić information content (AvgIpc) is 1.87. The third-order valence-electron chi connectivity index (χ3n) is 0.539. The van der Waals surface area contributed by atoms with Crippen molar-refractivity contribution in [3.8, 4) is 0 Å². The van der Waals surface area contributed by atoms with Crippen LogP contribution in [0.4, 0.5) is 0 Å². The molecule has 0 N–H and O–H groups in total. The van der Waals surface area contributed by atoms with Crippen LogP contribution in [0.15, 0.2) is 3.79 Å². The molecule has 0 fully saturated rings. The van der Waals surface area contributed by atoms with Crippen LogP contribution in [0, 0.1) is 13.1 Å². The monoisotopic (exact) mass is 176 g/mol. The van der Waals surface area contributed by atoms with Gasteiger partial charge in [-0.2, -0.15) is 0 Å². The molecule has 0 aliphatic carbocycles. The minimum absolute atomic E-state index is 0.977. The average molecular weight is 177 g/mol. The Morgan fingerprint density at radius 1 is 1.86 bits per heavy atom. The molecule has 37 valence electrons.